The SMILES string of the molecule is C=C(C)C(=O)C(C)C1CNC1. The molecule has 0 spiro atoms. The van der Waals surface area contributed by atoms with Gasteiger partial charge in [-0.1, -0.05) is 13.5 Å². The molecule has 0 bridgehead atoms. The van der Waals surface area contributed by atoms with Crippen LogP contribution >= 0.6 is 0 Å². The van der Waals surface area contributed by atoms with E-state index in [2.05, 4.69) is 11.9 Å². The van der Waals surface area contributed by atoms with E-state index >= 15 is 0 Å². The van der Waals surface area contributed by atoms with E-state index in [1.165, 1.54) is 0 Å². The van der Waals surface area contributed by atoms with Crippen LogP contribution in [0.1, 0.15) is 13.8 Å². The van der Waals surface area contributed by atoms with E-state index in [0.29, 0.717) is 11.5 Å². The zero-order chi connectivity index (χ0) is 8.43. The fourth-order valence-corrected chi connectivity index (χ4v) is 1.27. The molecule has 2 nitrogen and oxygen atoms in total. The van der Waals surface area contributed by atoms with Crippen LogP contribution in [0.15, 0.2) is 12.2 Å². The molecule has 0 aromatic heterocycles. The normalized spacial score (nSPS) is 20.5. The molecule has 1 aliphatic heterocycles. The van der Waals surface area contributed by atoms with Gasteiger partial charge in [0, 0.05) is 5.92 Å². The molecule has 0 saturated carbocycles. The van der Waals surface area contributed by atoms with Crippen LogP contribution in [-0.4, -0.2) is 18.9 Å². The fraction of sp³-hybridized carbons (Fsp3) is 0.667. The van der Waals surface area contributed by atoms with Crippen LogP contribution in [0.25, 0.3) is 0 Å². The molecule has 1 unspecified atom stereocenters. The van der Waals surface area contributed by atoms with Crippen molar-refractivity contribution in [2.45, 2.75) is 13.8 Å². The predicted octanol–water partition coefficient (Wildman–Crippen LogP) is 0.987. The Bertz CT molecular complexity index is 182. The summed E-state index contributed by atoms with van der Waals surface area (Å²) in [6.45, 7) is 9.39. The van der Waals surface area contributed by atoms with Crippen molar-refractivity contribution in [1.29, 1.82) is 0 Å². The van der Waals surface area contributed by atoms with Gasteiger partial charge in [-0.3, -0.25) is 4.79 Å². The first kappa shape index (κ1) is 8.47. The molecule has 0 radical (unpaired) electrons. The van der Waals surface area contributed by atoms with Gasteiger partial charge < -0.3 is 5.32 Å². The monoisotopic (exact) mass is 153 g/mol. The van der Waals surface area contributed by atoms with Gasteiger partial charge in [0.25, 0.3) is 0 Å². The number of hydrogen-bond acceptors (Lipinski definition) is 2. The lowest BCUT2D eigenvalue weighted by Crippen LogP contribution is -2.47. The lowest BCUT2D eigenvalue weighted by Gasteiger charge is -2.31. The van der Waals surface area contributed by atoms with Gasteiger partial charge in [0.1, 0.15) is 0 Å². The highest BCUT2D eigenvalue weighted by molar-refractivity contribution is 5.96. The third kappa shape index (κ3) is 1.69. The minimum absolute atomic E-state index is 0.161. The lowest BCUT2D eigenvalue weighted by atomic mass is 9.84. The third-order valence-corrected chi connectivity index (χ3v) is 2.35. The van der Waals surface area contributed by atoms with E-state index in [-0.39, 0.29) is 11.7 Å². The number of Topliss-reactive ketones (excluding diaryl/α,β-unsaturated/α-hetero) is 1. The Morgan fingerprint density at radius 3 is 2.45 bits per heavy atom. The van der Waals surface area contributed by atoms with Gasteiger partial charge in [-0.05, 0) is 31.5 Å². The maximum Gasteiger partial charge on any atom is 0.161 e. The van der Waals surface area contributed by atoms with E-state index in [1.807, 2.05) is 6.92 Å². The molecular weight excluding hydrogens is 138 g/mol. The highest BCUT2D eigenvalue weighted by Crippen LogP contribution is 2.18. The summed E-state index contributed by atoms with van der Waals surface area (Å²) in [5, 5.41) is 3.15. The first-order valence-electron chi connectivity index (χ1n) is 4.03. The average molecular weight is 153 g/mol. The summed E-state index contributed by atoms with van der Waals surface area (Å²) < 4.78 is 0. The molecule has 0 aromatic carbocycles. The van der Waals surface area contributed by atoms with Crippen LogP contribution in [-0.2, 0) is 4.79 Å². The van der Waals surface area contributed by atoms with Crippen LogP contribution in [0.4, 0.5) is 0 Å². The Kier molecular flexibility index (Phi) is 2.45. The summed E-state index contributed by atoms with van der Waals surface area (Å²) >= 11 is 0. The molecule has 62 valence electrons. The van der Waals surface area contributed by atoms with Gasteiger partial charge in [-0.2, -0.15) is 0 Å². The highest BCUT2D eigenvalue weighted by Gasteiger charge is 2.28. The van der Waals surface area contributed by atoms with Gasteiger partial charge in [0.15, 0.2) is 5.78 Å². The number of hydrogen-bond donors (Lipinski definition) is 1. The fourth-order valence-electron chi connectivity index (χ4n) is 1.27. The zero-order valence-electron chi connectivity index (χ0n) is 7.18. The van der Waals surface area contributed by atoms with Crippen molar-refractivity contribution >= 4 is 5.78 Å². The number of allylic oxidation sites excluding steroid dienone is 1. The summed E-state index contributed by atoms with van der Waals surface area (Å²) in [5.41, 5.74) is 0.685. The van der Waals surface area contributed by atoms with Gasteiger partial charge >= 0.3 is 0 Å². The van der Waals surface area contributed by atoms with Gasteiger partial charge in [0.2, 0.25) is 0 Å². The number of carbonyl (C=O) groups is 1. The van der Waals surface area contributed by atoms with Crippen molar-refractivity contribution in [1.82, 2.24) is 5.32 Å². The van der Waals surface area contributed by atoms with Crippen molar-refractivity contribution in [2.75, 3.05) is 13.1 Å². The van der Waals surface area contributed by atoms with Crippen molar-refractivity contribution in [2.24, 2.45) is 11.8 Å². The minimum atomic E-state index is 0.161. The van der Waals surface area contributed by atoms with Crippen LogP contribution < -0.4 is 5.32 Å². The molecular formula is C9H15NO. The van der Waals surface area contributed by atoms with Crippen molar-refractivity contribution in [3.05, 3.63) is 12.2 Å². The topological polar surface area (TPSA) is 29.1 Å². The number of carbonyl (C=O) groups excluding carboxylic acids is 1. The first-order chi connectivity index (χ1) is 5.13. The molecule has 11 heavy (non-hydrogen) atoms. The number of ketones is 1. The second-order valence-corrected chi connectivity index (χ2v) is 3.35. The maximum absolute atomic E-state index is 11.3. The third-order valence-electron chi connectivity index (χ3n) is 2.35. The molecule has 2 heteroatoms. The molecule has 1 saturated heterocycles. The summed E-state index contributed by atoms with van der Waals surface area (Å²) in [6, 6.07) is 0. The zero-order valence-corrected chi connectivity index (χ0v) is 7.18. The van der Waals surface area contributed by atoms with Crippen molar-refractivity contribution < 1.29 is 4.79 Å². The Morgan fingerprint density at radius 2 is 2.18 bits per heavy atom. The molecule has 0 amide bonds. The Balaban J connectivity index is 2.45. The molecule has 1 heterocycles. The summed E-state index contributed by atoms with van der Waals surface area (Å²) in [6.07, 6.45) is 0. The van der Waals surface area contributed by atoms with Crippen LogP contribution in [0.2, 0.25) is 0 Å². The molecule has 1 rings (SSSR count). The quantitative estimate of drug-likeness (QED) is 0.612. The molecule has 1 N–H and O–H groups in total. The molecule has 1 fully saturated rings. The van der Waals surface area contributed by atoms with E-state index < -0.39 is 0 Å². The van der Waals surface area contributed by atoms with Gasteiger partial charge in [-0.25, -0.2) is 0 Å². The Morgan fingerprint density at radius 1 is 1.64 bits per heavy atom. The van der Waals surface area contributed by atoms with Gasteiger partial charge in [0.05, 0.1) is 0 Å². The largest absolute Gasteiger partial charge is 0.316 e. The van der Waals surface area contributed by atoms with E-state index in [1.54, 1.807) is 6.92 Å². The molecule has 0 aromatic rings. The van der Waals surface area contributed by atoms with Crippen LogP contribution in [0.5, 0.6) is 0 Å². The van der Waals surface area contributed by atoms with Gasteiger partial charge in [-0.15, -0.1) is 0 Å². The first-order valence-corrected chi connectivity index (χ1v) is 4.03. The number of rotatable bonds is 3. The summed E-state index contributed by atoms with van der Waals surface area (Å²) in [7, 11) is 0. The Hall–Kier alpha value is -0.630. The standard InChI is InChI=1S/C9H15NO/c1-6(2)9(11)7(3)8-4-10-5-8/h7-8,10H,1,4-5H2,2-3H3. The molecule has 0 aliphatic carbocycles. The van der Waals surface area contributed by atoms with Crippen LogP contribution in [0, 0.1) is 11.8 Å². The Labute approximate surface area is 67.7 Å². The van der Waals surface area contributed by atoms with Crippen molar-refractivity contribution in [3.63, 3.8) is 0 Å². The lowest BCUT2D eigenvalue weighted by molar-refractivity contribution is -0.120. The van der Waals surface area contributed by atoms with E-state index in [4.69, 9.17) is 0 Å². The second kappa shape index (κ2) is 3.18. The highest BCUT2D eigenvalue weighted by atomic mass is 16.1. The second-order valence-electron chi connectivity index (χ2n) is 3.35. The average Bonchev–Trinajstić information content (AvgIpc) is 1.82. The maximum atomic E-state index is 11.3. The summed E-state index contributed by atoms with van der Waals surface area (Å²) in [5.74, 6) is 0.921. The van der Waals surface area contributed by atoms with Crippen LogP contribution in [0.3, 0.4) is 0 Å². The van der Waals surface area contributed by atoms with Crippen molar-refractivity contribution in [3.8, 4) is 0 Å². The minimum Gasteiger partial charge on any atom is -0.316 e. The smallest absolute Gasteiger partial charge is 0.161 e. The van der Waals surface area contributed by atoms with E-state index in [9.17, 15) is 4.79 Å². The molecule has 1 aliphatic rings. The predicted molar refractivity (Wildman–Crippen MR) is 45.3 cm³/mol. The summed E-state index contributed by atoms with van der Waals surface area (Å²) in [4.78, 5) is 11.3. The van der Waals surface area contributed by atoms with E-state index in [0.717, 1.165) is 13.1 Å². The molecule has 1 atom stereocenters. The number of nitrogens with one attached hydrogen (secondary N) is 1.